The molecule has 30 heavy (non-hydrogen) atoms. The molecule has 1 heterocycles. The number of fused-ring (bicyclic) bond motifs is 2. The number of carbonyl (C=O) groups is 1. The molecule has 1 aliphatic heterocycles. The number of para-hydroxylation sites is 2. The molecule has 154 valence electrons. The van der Waals surface area contributed by atoms with Gasteiger partial charge >= 0.3 is 0 Å². The Morgan fingerprint density at radius 1 is 0.967 bits per heavy atom. The lowest BCUT2D eigenvalue weighted by atomic mass is 9.87. The maximum atomic E-state index is 13.3. The first kappa shape index (κ1) is 20.4. The van der Waals surface area contributed by atoms with E-state index in [4.69, 9.17) is 16.3 Å². The van der Waals surface area contributed by atoms with Gasteiger partial charge in [-0.3, -0.25) is 4.79 Å². The second-order valence-electron chi connectivity index (χ2n) is 7.03. The molecule has 0 radical (unpaired) electrons. The second kappa shape index (κ2) is 7.75. The fourth-order valence-electron chi connectivity index (χ4n) is 3.38. The van der Waals surface area contributed by atoms with Gasteiger partial charge < -0.3 is 10.1 Å². The SMILES string of the molecule is CN(C)S(=O)(=O)c1cc(NC(=O)C2c3ccccc3Oc3ccccc32)ccc1Cl. The van der Waals surface area contributed by atoms with Crippen LogP contribution in [0.25, 0.3) is 0 Å². The highest BCUT2D eigenvalue weighted by Crippen LogP contribution is 2.44. The van der Waals surface area contributed by atoms with Crippen LogP contribution in [0.3, 0.4) is 0 Å². The van der Waals surface area contributed by atoms with Crippen molar-refractivity contribution in [3.8, 4) is 11.5 Å². The molecule has 1 N–H and O–H groups in total. The predicted molar refractivity (Wildman–Crippen MR) is 116 cm³/mol. The molecule has 0 spiro atoms. The quantitative estimate of drug-likeness (QED) is 0.647. The van der Waals surface area contributed by atoms with Gasteiger partial charge in [0.2, 0.25) is 15.9 Å². The van der Waals surface area contributed by atoms with E-state index < -0.39 is 15.9 Å². The van der Waals surface area contributed by atoms with Crippen LogP contribution in [-0.2, 0) is 14.8 Å². The summed E-state index contributed by atoms with van der Waals surface area (Å²) in [6.45, 7) is 0. The van der Waals surface area contributed by atoms with Crippen LogP contribution in [0.5, 0.6) is 11.5 Å². The predicted octanol–water partition coefficient (Wildman–Crippen LogP) is 4.47. The van der Waals surface area contributed by atoms with Crippen LogP contribution in [0.1, 0.15) is 17.0 Å². The maximum Gasteiger partial charge on any atom is 0.244 e. The summed E-state index contributed by atoms with van der Waals surface area (Å²) in [5, 5.41) is 2.92. The molecule has 0 saturated heterocycles. The number of benzene rings is 3. The summed E-state index contributed by atoms with van der Waals surface area (Å²) >= 11 is 6.11. The number of hydrogen-bond acceptors (Lipinski definition) is 4. The van der Waals surface area contributed by atoms with E-state index in [1.807, 2.05) is 48.5 Å². The van der Waals surface area contributed by atoms with Gasteiger partial charge in [-0.2, -0.15) is 0 Å². The van der Waals surface area contributed by atoms with Crippen LogP contribution in [0.2, 0.25) is 5.02 Å². The summed E-state index contributed by atoms with van der Waals surface area (Å²) < 4.78 is 32.1. The zero-order valence-corrected chi connectivity index (χ0v) is 17.9. The Hall–Kier alpha value is -2.87. The highest BCUT2D eigenvalue weighted by atomic mass is 35.5. The fourth-order valence-corrected chi connectivity index (χ4v) is 4.78. The first-order valence-corrected chi connectivity index (χ1v) is 11.0. The van der Waals surface area contributed by atoms with Gasteiger partial charge in [-0.25, -0.2) is 12.7 Å². The average molecular weight is 443 g/mol. The third kappa shape index (κ3) is 3.56. The van der Waals surface area contributed by atoms with E-state index in [2.05, 4.69) is 5.32 Å². The molecule has 0 saturated carbocycles. The molecular weight excluding hydrogens is 424 g/mol. The molecule has 6 nitrogen and oxygen atoms in total. The number of nitrogens with zero attached hydrogens (tertiary/aromatic N) is 1. The molecule has 0 unspecified atom stereocenters. The summed E-state index contributed by atoms with van der Waals surface area (Å²) in [4.78, 5) is 13.2. The first-order valence-electron chi connectivity index (χ1n) is 9.17. The van der Waals surface area contributed by atoms with E-state index in [1.165, 1.54) is 26.2 Å². The minimum Gasteiger partial charge on any atom is -0.457 e. The Morgan fingerprint density at radius 2 is 1.53 bits per heavy atom. The highest BCUT2D eigenvalue weighted by molar-refractivity contribution is 7.89. The topological polar surface area (TPSA) is 75.7 Å². The number of nitrogens with one attached hydrogen (secondary N) is 1. The van der Waals surface area contributed by atoms with Crippen LogP contribution >= 0.6 is 11.6 Å². The van der Waals surface area contributed by atoms with E-state index in [0.717, 1.165) is 15.4 Å². The third-order valence-corrected chi connectivity index (χ3v) is 7.20. The summed E-state index contributed by atoms with van der Waals surface area (Å²) in [5.41, 5.74) is 1.82. The van der Waals surface area contributed by atoms with Crippen molar-refractivity contribution in [2.75, 3.05) is 19.4 Å². The lowest BCUT2D eigenvalue weighted by Gasteiger charge is -2.27. The molecule has 3 aromatic carbocycles. The molecule has 0 atom stereocenters. The van der Waals surface area contributed by atoms with Crippen molar-refractivity contribution in [1.29, 1.82) is 0 Å². The van der Waals surface area contributed by atoms with Crippen molar-refractivity contribution >= 4 is 33.2 Å². The number of halogens is 1. The molecule has 0 aliphatic carbocycles. The number of hydrogen-bond donors (Lipinski definition) is 1. The van der Waals surface area contributed by atoms with Gasteiger partial charge in [0.05, 0.1) is 10.9 Å². The van der Waals surface area contributed by atoms with Gasteiger partial charge in [0, 0.05) is 30.9 Å². The highest BCUT2D eigenvalue weighted by Gasteiger charge is 2.32. The van der Waals surface area contributed by atoms with Crippen LogP contribution in [0.15, 0.2) is 71.6 Å². The van der Waals surface area contributed by atoms with Crippen molar-refractivity contribution < 1.29 is 17.9 Å². The Bertz CT molecular complexity index is 1200. The van der Waals surface area contributed by atoms with Gasteiger partial charge in [0.15, 0.2) is 0 Å². The van der Waals surface area contributed by atoms with Crippen molar-refractivity contribution in [1.82, 2.24) is 4.31 Å². The van der Waals surface area contributed by atoms with Gasteiger partial charge in [-0.1, -0.05) is 48.0 Å². The Morgan fingerprint density at radius 3 is 2.10 bits per heavy atom. The molecule has 0 fully saturated rings. The van der Waals surface area contributed by atoms with Crippen LogP contribution in [-0.4, -0.2) is 32.7 Å². The minimum atomic E-state index is -3.76. The van der Waals surface area contributed by atoms with E-state index >= 15 is 0 Å². The molecule has 1 aliphatic rings. The summed E-state index contributed by atoms with van der Waals surface area (Å²) in [5.74, 6) is 0.330. The zero-order chi connectivity index (χ0) is 21.5. The van der Waals surface area contributed by atoms with E-state index in [1.54, 1.807) is 6.07 Å². The number of ether oxygens (including phenoxy) is 1. The van der Waals surface area contributed by atoms with E-state index in [9.17, 15) is 13.2 Å². The summed E-state index contributed by atoms with van der Waals surface area (Å²) in [7, 11) is -0.911. The minimum absolute atomic E-state index is 0.0697. The van der Waals surface area contributed by atoms with E-state index in [-0.39, 0.29) is 15.8 Å². The normalized spacial score (nSPS) is 13.3. The zero-order valence-electron chi connectivity index (χ0n) is 16.3. The maximum absolute atomic E-state index is 13.3. The Labute approximate surface area is 180 Å². The molecule has 3 aromatic rings. The van der Waals surface area contributed by atoms with Crippen LogP contribution in [0.4, 0.5) is 5.69 Å². The lowest BCUT2D eigenvalue weighted by Crippen LogP contribution is -2.25. The van der Waals surface area contributed by atoms with Crippen LogP contribution < -0.4 is 10.1 Å². The van der Waals surface area contributed by atoms with Crippen LogP contribution in [0, 0.1) is 0 Å². The smallest absolute Gasteiger partial charge is 0.244 e. The van der Waals surface area contributed by atoms with Gasteiger partial charge in [-0.15, -0.1) is 0 Å². The molecule has 1 amide bonds. The van der Waals surface area contributed by atoms with Crippen molar-refractivity contribution in [3.63, 3.8) is 0 Å². The van der Waals surface area contributed by atoms with Crippen molar-refractivity contribution in [2.24, 2.45) is 0 Å². The summed E-state index contributed by atoms with van der Waals surface area (Å²) in [6.07, 6.45) is 0. The second-order valence-corrected chi connectivity index (χ2v) is 9.56. The number of sulfonamides is 1. The number of rotatable bonds is 4. The fraction of sp³-hybridized carbons (Fsp3) is 0.136. The van der Waals surface area contributed by atoms with Gasteiger partial charge in [0.25, 0.3) is 0 Å². The third-order valence-electron chi connectivity index (χ3n) is 4.90. The van der Waals surface area contributed by atoms with Gasteiger partial charge in [-0.05, 0) is 30.3 Å². The number of amides is 1. The lowest BCUT2D eigenvalue weighted by molar-refractivity contribution is -0.116. The average Bonchev–Trinajstić information content (AvgIpc) is 2.73. The molecule has 8 heteroatoms. The monoisotopic (exact) mass is 442 g/mol. The van der Waals surface area contributed by atoms with Crippen molar-refractivity contribution in [2.45, 2.75) is 10.8 Å². The number of anilines is 1. The standard InChI is InChI=1S/C22H19ClN2O4S/c1-25(2)30(27,28)20-13-14(11-12-17(20)23)24-22(26)21-15-7-3-5-9-18(15)29-19-10-6-4-8-16(19)21/h3-13,21H,1-2H3,(H,24,26). The number of carbonyl (C=O) groups excluding carboxylic acids is 1. The Kier molecular flexibility index (Phi) is 5.27. The largest absolute Gasteiger partial charge is 0.457 e. The summed E-state index contributed by atoms with van der Waals surface area (Å²) in [6, 6.07) is 19.1. The molecule has 4 rings (SSSR count). The molecule has 0 bridgehead atoms. The van der Waals surface area contributed by atoms with Crippen molar-refractivity contribution in [3.05, 3.63) is 82.9 Å². The van der Waals surface area contributed by atoms with Gasteiger partial charge in [0.1, 0.15) is 16.4 Å². The van der Waals surface area contributed by atoms with E-state index in [0.29, 0.717) is 17.2 Å². The molecule has 0 aromatic heterocycles. The molecular formula is C22H19ClN2O4S. The Balaban J connectivity index is 1.72. The first-order chi connectivity index (χ1) is 14.3.